The Labute approximate surface area is 171 Å². The summed E-state index contributed by atoms with van der Waals surface area (Å²) in [6, 6.07) is 31.2. The second kappa shape index (κ2) is 8.43. The van der Waals surface area contributed by atoms with Crippen LogP contribution in [0.25, 0.3) is 0 Å². The van der Waals surface area contributed by atoms with Crippen LogP contribution in [-0.2, 0) is 12.0 Å². The minimum absolute atomic E-state index is 0.229. The molecule has 3 N–H and O–H groups in total. The number of hydrogen-bond donors (Lipinski definition) is 2. The lowest BCUT2D eigenvalue weighted by Gasteiger charge is -2.36. The maximum atomic E-state index is 10.0. The largest absolute Gasteiger partial charge is 0.391 e. The van der Waals surface area contributed by atoms with E-state index in [1.807, 2.05) is 35.3 Å². The molecule has 4 aromatic rings. The summed E-state index contributed by atoms with van der Waals surface area (Å²) >= 11 is 0. The first kappa shape index (κ1) is 19.1. The third-order valence-electron chi connectivity index (χ3n) is 5.30. The van der Waals surface area contributed by atoms with Gasteiger partial charge in [-0.1, -0.05) is 91.0 Å². The molecule has 1 atom stereocenters. The van der Waals surface area contributed by atoms with E-state index in [0.717, 1.165) is 22.3 Å². The minimum atomic E-state index is -0.629. The number of aliphatic hydroxyl groups is 1. The number of hydrogen-bond acceptors (Lipinski definition) is 3. The molecule has 0 fully saturated rings. The van der Waals surface area contributed by atoms with Crippen molar-refractivity contribution in [1.82, 2.24) is 9.78 Å². The van der Waals surface area contributed by atoms with E-state index in [9.17, 15) is 5.11 Å². The van der Waals surface area contributed by atoms with Crippen molar-refractivity contribution in [3.8, 4) is 0 Å². The zero-order valence-electron chi connectivity index (χ0n) is 16.2. The highest BCUT2D eigenvalue weighted by atomic mass is 16.3. The van der Waals surface area contributed by atoms with E-state index in [1.54, 1.807) is 0 Å². The summed E-state index contributed by atoms with van der Waals surface area (Å²) < 4.78 is 2.01. The van der Waals surface area contributed by atoms with Crippen molar-refractivity contribution in [3.05, 3.63) is 126 Å². The lowest BCUT2D eigenvalue weighted by molar-refractivity contribution is 0.183. The Hall–Kier alpha value is -3.21. The molecule has 0 spiro atoms. The van der Waals surface area contributed by atoms with Crippen molar-refractivity contribution in [3.63, 3.8) is 0 Å². The van der Waals surface area contributed by atoms with E-state index in [4.69, 9.17) is 10.8 Å². The lowest BCUT2D eigenvalue weighted by Crippen LogP contribution is -2.38. The van der Waals surface area contributed by atoms with Crippen molar-refractivity contribution < 1.29 is 5.11 Å². The highest BCUT2D eigenvalue weighted by Gasteiger charge is 2.39. The number of rotatable bonds is 7. The maximum Gasteiger partial charge on any atom is 0.137 e. The van der Waals surface area contributed by atoms with E-state index in [0.29, 0.717) is 6.42 Å². The van der Waals surface area contributed by atoms with Crippen LogP contribution in [0.3, 0.4) is 0 Å². The van der Waals surface area contributed by atoms with Gasteiger partial charge in [0, 0.05) is 19.2 Å². The fourth-order valence-corrected chi connectivity index (χ4v) is 3.94. The molecule has 0 saturated heterocycles. The summed E-state index contributed by atoms with van der Waals surface area (Å²) in [5, 5.41) is 14.8. The summed E-state index contributed by atoms with van der Waals surface area (Å²) in [5.41, 5.74) is 9.28. The van der Waals surface area contributed by atoms with Gasteiger partial charge in [0.15, 0.2) is 0 Å². The summed E-state index contributed by atoms with van der Waals surface area (Å²) in [6.07, 6.45) is 3.74. The fraction of sp³-hybridized carbons (Fsp3) is 0.160. The van der Waals surface area contributed by atoms with Crippen LogP contribution in [0, 0.1) is 0 Å². The Bertz CT molecular complexity index is 933. The Kier molecular flexibility index (Phi) is 5.56. The maximum absolute atomic E-state index is 10.0. The van der Waals surface area contributed by atoms with Crippen LogP contribution in [0.4, 0.5) is 0 Å². The van der Waals surface area contributed by atoms with E-state index in [1.165, 1.54) is 0 Å². The van der Waals surface area contributed by atoms with Gasteiger partial charge < -0.3 is 10.8 Å². The lowest BCUT2D eigenvalue weighted by atomic mass is 9.77. The molecule has 0 aliphatic carbocycles. The van der Waals surface area contributed by atoms with Crippen LogP contribution in [0.15, 0.2) is 103 Å². The normalized spacial score (nSPS) is 12.6. The van der Waals surface area contributed by atoms with Crippen molar-refractivity contribution in [2.24, 2.45) is 5.73 Å². The summed E-state index contributed by atoms with van der Waals surface area (Å²) in [4.78, 5) is 0. The zero-order valence-corrected chi connectivity index (χ0v) is 16.2. The Morgan fingerprint density at radius 1 is 0.793 bits per heavy atom. The Morgan fingerprint density at radius 2 is 1.24 bits per heavy atom. The summed E-state index contributed by atoms with van der Waals surface area (Å²) in [6.45, 7) is 0.229. The van der Waals surface area contributed by atoms with Gasteiger partial charge in [0.05, 0.1) is 12.3 Å². The number of nitrogens with zero attached hydrogens (tertiary/aromatic N) is 2. The van der Waals surface area contributed by atoms with Gasteiger partial charge in [-0.3, -0.25) is 4.68 Å². The van der Waals surface area contributed by atoms with E-state index >= 15 is 0 Å². The van der Waals surface area contributed by atoms with Crippen molar-refractivity contribution in [2.75, 3.05) is 6.54 Å². The highest BCUT2D eigenvalue weighted by Crippen LogP contribution is 2.40. The van der Waals surface area contributed by atoms with Crippen LogP contribution in [0.5, 0.6) is 0 Å². The molecule has 4 heteroatoms. The van der Waals surface area contributed by atoms with E-state index in [-0.39, 0.29) is 6.54 Å². The molecule has 0 bridgehead atoms. The molecule has 0 aliphatic rings. The molecule has 0 radical (unpaired) electrons. The SMILES string of the molecule is NCC(O)Cc1cnn(C(c2ccccc2)(c2ccccc2)c2ccccc2)c1. The predicted octanol–water partition coefficient (Wildman–Crippen LogP) is 3.59. The third-order valence-corrected chi connectivity index (χ3v) is 5.30. The molecule has 3 aromatic carbocycles. The first-order chi connectivity index (χ1) is 14.2. The molecule has 0 amide bonds. The smallest absolute Gasteiger partial charge is 0.137 e. The van der Waals surface area contributed by atoms with Gasteiger partial charge in [-0.15, -0.1) is 0 Å². The molecule has 4 nitrogen and oxygen atoms in total. The number of nitrogens with two attached hydrogens (primary N) is 1. The van der Waals surface area contributed by atoms with Crippen LogP contribution < -0.4 is 5.73 Å². The first-order valence-electron chi connectivity index (χ1n) is 9.84. The molecular formula is C25H25N3O. The molecule has 146 valence electrons. The first-order valence-corrected chi connectivity index (χ1v) is 9.84. The fourth-order valence-electron chi connectivity index (χ4n) is 3.94. The number of benzene rings is 3. The molecule has 1 heterocycles. The topological polar surface area (TPSA) is 64.1 Å². The highest BCUT2D eigenvalue weighted by molar-refractivity contribution is 5.50. The Balaban J connectivity index is 1.99. The van der Waals surface area contributed by atoms with Crippen molar-refractivity contribution in [1.29, 1.82) is 0 Å². The predicted molar refractivity (Wildman–Crippen MR) is 116 cm³/mol. The molecular weight excluding hydrogens is 358 g/mol. The Morgan fingerprint density at radius 3 is 1.66 bits per heavy atom. The summed E-state index contributed by atoms with van der Waals surface area (Å²) in [5.74, 6) is 0. The molecule has 1 aromatic heterocycles. The van der Waals surface area contributed by atoms with Gasteiger partial charge >= 0.3 is 0 Å². The number of aromatic nitrogens is 2. The van der Waals surface area contributed by atoms with Crippen molar-refractivity contribution in [2.45, 2.75) is 18.1 Å². The van der Waals surface area contributed by atoms with Gasteiger partial charge in [-0.05, 0) is 22.3 Å². The third kappa shape index (κ3) is 3.60. The standard InChI is InChI=1S/C25H25N3O/c26-17-24(29)16-20-18-27-28(19-20)25(21-10-4-1-5-11-21,22-12-6-2-7-13-22)23-14-8-3-9-15-23/h1-15,18-19,24,29H,16-17,26H2. The van der Waals surface area contributed by atoms with Crippen LogP contribution in [0.1, 0.15) is 22.3 Å². The molecule has 4 rings (SSSR count). The van der Waals surface area contributed by atoms with Crippen molar-refractivity contribution >= 4 is 0 Å². The minimum Gasteiger partial charge on any atom is -0.391 e. The number of aliphatic hydroxyl groups excluding tert-OH is 1. The molecule has 29 heavy (non-hydrogen) atoms. The van der Waals surface area contributed by atoms with Crippen LogP contribution in [-0.4, -0.2) is 27.5 Å². The van der Waals surface area contributed by atoms with Crippen LogP contribution in [0.2, 0.25) is 0 Å². The van der Waals surface area contributed by atoms with Gasteiger partial charge in [-0.2, -0.15) is 5.10 Å². The average molecular weight is 383 g/mol. The van der Waals surface area contributed by atoms with Gasteiger partial charge in [0.1, 0.15) is 5.54 Å². The van der Waals surface area contributed by atoms with E-state index in [2.05, 4.69) is 72.8 Å². The molecule has 1 unspecified atom stereocenters. The quantitative estimate of drug-likeness (QED) is 0.480. The van der Waals surface area contributed by atoms with E-state index < -0.39 is 11.6 Å². The molecule has 0 aliphatic heterocycles. The second-order valence-electron chi connectivity index (χ2n) is 7.20. The van der Waals surface area contributed by atoms with Gasteiger partial charge in [0.2, 0.25) is 0 Å². The zero-order chi connectivity index (χ0) is 20.1. The molecule has 0 saturated carbocycles. The van der Waals surface area contributed by atoms with Gasteiger partial charge in [-0.25, -0.2) is 0 Å². The monoisotopic (exact) mass is 383 g/mol. The van der Waals surface area contributed by atoms with Gasteiger partial charge in [0.25, 0.3) is 0 Å². The average Bonchev–Trinajstić information content (AvgIpc) is 3.25. The summed E-state index contributed by atoms with van der Waals surface area (Å²) in [7, 11) is 0. The second-order valence-corrected chi connectivity index (χ2v) is 7.20. The van der Waals surface area contributed by atoms with Crippen LogP contribution >= 0.6 is 0 Å².